The van der Waals surface area contributed by atoms with Crippen molar-refractivity contribution in [2.45, 2.75) is 4.90 Å². The number of sulfonamides is 1. The van der Waals surface area contributed by atoms with E-state index in [2.05, 4.69) is 37.2 Å². The van der Waals surface area contributed by atoms with E-state index in [1.54, 1.807) is 6.07 Å². The van der Waals surface area contributed by atoms with Crippen LogP contribution >= 0.6 is 31.9 Å². The molecule has 106 valence electrons. The zero-order valence-electron chi connectivity index (χ0n) is 10.3. The van der Waals surface area contributed by atoms with Gasteiger partial charge in [-0.3, -0.25) is 4.79 Å². The molecule has 0 aliphatic rings. The Bertz CT molecular complexity index is 581. The lowest BCUT2D eigenvalue weighted by Gasteiger charge is -2.18. The summed E-state index contributed by atoms with van der Waals surface area (Å²) in [6.45, 7) is -0.277. The predicted molar refractivity (Wildman–Crippen MR) is 80.1 cm³/mol. The number of nitrogens with zero attached hydrogens (tertiary/aromatic N) is 1. The van der Waals surface area contributed by atoms with E-state index in [9.17, 15) is 13.2 Å². The normalized spacial score (nSPS) is 11.6. The Morgan fingerprint density at radius 1 is 1.42 bits per heavy atom. The molecule has 1 amide bonds. The second kappa shape index (κ2) is 6.21. The predicted octanol–water partition coefficient (Wildman–Crippen LogP) is 1.16. The highest BCUT2D eigenvalue weighted by molar-refractivity contribution is 9.11. The molecule has 19 heavy (non-hydrogen) atoms. The molecule has 0 bridgehead atoms. The number of nitrogens with one attached hydrogen (secondary N) is 1. The lowest BCUT2D eigenvalue weighted by Crippen LogP contribution is -2.37. The third kappa shape index (κ3) is 3.68. The number of amides is 1. The molecule has 0 aliphatic heterocycles. The van der Waals surface area contributed by atoms with Crippen molar-refractivity contribution < 1.29 is 13.2 Å². The van der Waals surface area contributed by atoms with Gasteiger partial charge in [0.2, 0.25) is 15.9 Å². The number of carbonyl (C=O) groups excluding carboxylic acids is 1. The van der Waals surface area contributed by atoms with E-state index in [4.69, 9.17) is 5.73 Å². The summed E-state index contributed by atoms with van der Waals surface area (Å²) in [6, 6.07) is 3.07. The molecule has 0 radical (unpaired) electrons. The molecule has 9 heteroatoms. The molecular formula is C10H13Br2N3O3S. The molecule has 0 atom stereocenters. The van der Waals surface area contributed by atoms with Gasteiger partial charge in [0.1, 0.15) is 4.90 Å². The standard InChI is InChI=1S/C10H13Br2N3O3S/c1-14-9(16)5-15(2)19(17,18)10-7(12)3-6(11)4-8(10)13/h3-4H,5,13H2,1-2H3,(H,14,16). The summed E-state index contributed by atoms with van der Waals surface area (Å²) in [4.78, 5) is 11.2. The molecule has 1 aromatic rings. The SMILES string of the molecule is CNC(=O)CN(C)S(=O)(=O)c1c(N)cc(Br)cc1Br. The first-order valence-electron chi connectivity index (χ1n) is 5.11. The topological polar surface area (TPSA) is 92.5 Å². The zero-order chi connectivity index (χ0) is 14.8. The summed E-state index contributed by atoms with van der Waals surface area (Å²) in [5, 5.41) is 2.36. The quantitative estimate of drug-likeness (QED) is 0.723. The number of hydrogen-bond donors (Lipinski definition) is 2. The Labute approximate surface area is 128 Å². The minimum Gasteiger partial charge on any atom is -0.398 e. The third-order valence-electron chi connectivity index (χ3n) is 2.35. The van der Waals surface area contributed by atoms with Gasteiger partial charge in [0.25, 0.3) is 0 Å². The molecule has 3 N–H and O–H groups in total. The van der Waals surface area contributed by atoms with E-state index in [0.29, 0.717) is 8.95 Å². The van der Waals surface area contributed by atoms with Crippen molar-refractivity contribution in [2.75, 3.05) is 26.4 Å². The number of halogens is 2. The Kier molecular flexibility index (Phi) is 5.36. The van der Waals surface area contributed by atoms with E-state index < -0.39 is 15.9 Å². The van der Waals surface area contributed by atoms with Crippen LogP contribution in [0.3, 0.4) is 0 Å². The Morgan fingerprint density at radius 3 is 2.47 bits per heavy atom. The second-order valence-corrected chi connectivity index (χ2v) is 7.49. The summed E-state index contributed by atoms with van der Waals surface area (Å²) >= 11 is 6.39. The fourth-order valence-electron chi connectivity index (χ4n) is 1.37. The monoisotopic (exact) mass is 413 g/mol. The van der Waals surface area contributed by atoms with Crippen molar-refractivity contribution in [3.63, 3.8) is 0 Å². The number of nitrogen functional groups attached to an aromatic ring is 1. The summed E-state index contributed by atoms with van der Waals surface area (Å²) in [7, 11) is -1.09. The lowest BCUT2D eigenvalue weighted by atomic mass is 10.3. The first-order chi connectivity index (χ1) is 8.70. The molecule has 0 heterocycles. The van der Waals surface area contributed by atoms with Gasteiger partial charge in [0.05, 0.1) is 12.2 Å². The minimum atomic E-state index is -3.84. The Morgan fingerprint density at radius 2 is 2.00 bits per heavy atom. The van der Waals surface area contributed by atoms with Crippen LogP contribution in [0.2, 0.25) is 0 Å². The van der Waals surface area contributed by atoms with Crippen molar-refractivity contribution in [1.29, 1.82) is 0 Å². The maximum absolute atomic E-state index is 12.4. The summed E-state index contributed by atoms with van der Waals surface area (Å²) in [5.74, 6) is -0.405. The van der Waals surface area contributed by atoms with Gasteiger partial charge in [0, 0.05) is 23.0 Å². The van der Waals surface area contributed by atoms with Gasteiger partial charge in [0.15, 0.2) is 0 Å². The maximum atomic E-state index is 12.4. The van der Waals surface area contributed by atoms with Crippen LogP contribution in [0.4, 0.5) is 5.69 Å². The Hall–Kier alpha value is -0.640. The molecule has 6 nitrogen and oxygen atoms in total. The van der Waals surface area contributed by atoms with Gasteiger partial charge >= 0.3 is 0 Å². The largest absolute Gasteiger partial charge is 0.398 e. The first-order valence-corrected chi connectivity index (χ1v) is 8.14. The number of hydrogen-bond acceptors (Lipinski definition) is 4. The van der Waals surface area contributed by atoms with Crippen LogP contribution in [0, 0.1) is 0 Å². The highest BCUT2D eigenvalue weighted by atomic mass is 79.9. The van der Waals surface area contributed by atoms with Gasteiger partial charge in [-0.15, -0.1) is 0 Å². The lowest BCUT2D eigenvalue weighted by molar-refractivity contribution is -0.120. The number of anilines is 1. The zero-order valence-corrected chi connectivity index (χ0v) is 14.3. The fourth-order valence-corrected chi connectivity index (χ4v) is 4.51. The summed E-state index contributed by atoms with van der Waals surface area (Å²) in [6.07, 6.45) is 0. The van der Waals surface area contributed by atoms with Gasteiger partial charge in [-0.2, -0.15) is 4.31 Å². The molecule has 0 saturated heterocycles. The molecule has 0 aliphatic carbocycles. The number of rotatable bonds is 4. The van der Waals surface area contributed by atoms with E-state index in [-0.39, 0.29) is 17.1 Å². The molecule has 0 fully saturated rings. The molecule has 0 aromatic heterocycles. The molecule has 0 saturated carbocycles. The van der Waals surface area contributed by atoms with Crippen LogP contribution in [0.15, 0.2) is 26.0 Å². The summed E-state index contributed by atoms with van der Waals surface area (Å²) < 4.78 is 26.6. The minimum absolute atomic E-state index is 0.0536. The molecule has 1 rings (SSSR count). The van der Waals surface area contributed by atoms with Crippen molar-refractivity contribution in [1.82, 2.24) is 9.62 Å². The highest BCUT2D eigenvalue weighted by Crippen LogP contribution is 2.33. The first kappa shape index (κ1) is 16.4. The van der Waals surface area contributed by atoms with E-state index >= 15 is 0 Å². The molecule has 0 spiro atoms. The van der Waals surface area contributed by atoms with Crippen LogP contribution in [0.5, 0.6) is 0 Å². The maximum Gasteiger partial charge on any atom is 0.246 e. The van der Waals surface area contributed by atoms with Gasteiger partial charge < -0.3 is 11.1 Å². The Balaban J connectivity index is 3.24. The van der Waals surface area contributed by atoms with E-state index in [0.717, 1.165) is 4.31 Å². The van der Waals surface area contributed by atoms with Gasteiger partial charge in [-0.25, -0.2) is 8.42 Å². The smallest absolute Gasteiger partial charge is 0.246 e. The second-order valence-electron chi connectivity index (χ2n) is 3.74. The van der Waals surface area contributed by atoms with Crippen LogP contribution in [-0.2, 0) is 14.8 Å². The van der Waals surface area contributed by atoms with Crippen LogP contribution in [0.1, 0.15) is 0 Å². The van der Waals surface area contributed by atoms with Crippen LogP contribution in [0.25, 0.3) is 0 Å². The van der Waals surface area contributed by atoms with Crippen molar-refractivity contribution in [3.05, 3.63) is 21.1 Å². The molecule has 1 aromatic carbocycles. The molecular weight excluding hydrogens is 402 g/mol. The highest BCUT2D eigenvalue weighted by Gasteiger charge is 2.27. The third-order valence-corrected chi connectivity index (χ3v) is 5.62. The number of nitrogens with two attached hydrogens (primary N) is 1. The van der Waals surface area contributed by atoms with E-state index in [1.807, 2.05) is 0 Å². The fraction of sp³-hybridized carbons (Fsp3) is 0.300. The van der Waals surface area contributed by atoms with Crippen LogP contribution < -0.4 is 11.1 Å². The molecule has 0 unspecified atom stereocenters. The van der Waals surface area contributed by atoms with Gasteiger partial charge in [-0.05, 0) is 28.1 Å². The summed E-state index contributed by atoms with van der Waals surface area (Å²) in [5.41, 5.74) is 5.84. The average Bonchev–Trinajstić information content (AvgIpc) is 2.26. The van der Waals surface area contributed by atoms with Crippen molar-refractivity contribution in [2.24, 2.45) is 0 Å². The van der Waals surface area contributed by atoms with E-state index in [1.165, 1.54) is 20.2 Å². The number of likely N-dealkylation sites (N-methyl/N-ethyl adjacent to an activating group) is 2. The number of carbonyl (C=O) groups is 1. The van der Waals surface area contributed by atoms with Crippen molar-refractivity contribution >= 4 is 53.5 Å². The van der Waals surface area contributed by atoms with Crippen molar-refractivity contribution in [3.8, 4) is 0 Å². The van der Waals surface area contributed by atoms with Crippen LogP contribution in [-0.4, -0.2) is 39.3 Å². The number of benzene rings is 1. The van der Waals surface area contributed by atoms with Gasteiger partial charge in [-0.1, -0.05) is 15.9 Å². The average molecular weight is 415 g/mol.